The maximum Gasteiger partial charge on any atom is 0.135 e. The highest BCUT2D eigenvalue weighted by Gasteiger charge is 2.42. The second kappa shape index (κ2) is 14.1. The number of hydrogen-bond acceptors (Lipinski definition) is 5. The molecular weight excluding hydrogens is 653 g/mol. The monoisotopic (exact) mass is 696 g/mol. The Kier molecular flexibility index (Phi) is 8.90. The summed E-state index contributed by atoms with van der Waals surface area (Å²) in [5, 5.41) is 21.7. The fourth-order valence-corrected chi connectivity index (χ4v) is 9.04. The van der Waals surface area contributed by atoms with E-state index in [-0.39, 0.29) is 6.04 Å². The first kappa shape index (κ1) is 33.4. The lowest BCUT2D eigenvalue weighted by molar-refractivity contribution is -0.0562. The largest absolute Gasteiger partial charge is 0.497 e. The maximum atomic E-state index is 11.2. The molecule has 5 heteroatoms. The van der Waals surface area contributed by atoms with Crippen molar-refractivity contribution in [2.24, 2.45) is 11.8 Å². The van der Waals surface area contributed by atoms with Crippen LogP contribution >= 0.6 is 0 Å². The van der Waals surface area contributed by atoms with Gasteiger partial charge < -0.3 is 14.6 Å². The molecule has 1 aromatic heterocycles. The summed E-state index contributed by atoms with van der Waals surface area (Å²) in [4.78, 5) is 6.94. The normalized spacial score (nSPS) is 20.1. The molecule has 2 bridgehead atoms. The van der Waals surface area contributed by atoms with Crippen LogP contribution in [0.25, 0.3) is 54.0 Å². The van der Waals surface area contributed by atoms with Crippen molar-refractivity contribution in [3.63, 3.8) is 0 Å². The fourth-order valence-electron chi connectivity index (χ4n) is 9.04. The van der Waals surface area contributed by atoms with Crippen LogP contribution in [-0.4, -0.2) is 41.2 Å². The first-order chi connectivity index (χ1) is 26.1. The summed E-state index contributed by atoms with van der Waals surface area (Å²) < 4.78 is 12.0. The first-order valence-corrected chi connectivity index (χ1v) is 18.9. The van der Waals surface area contributed by atoms with Crippen molar-refractivity contribution in [3.05, 3.63) is 145 Å². The Morgan fingerprint density at radius 3 is 1.85 bits per heavy atom. The van der Waals surface area contributed by atoms with E-state index in [4.69, 9.17) is 9.47 Å². The zero-order valence-electron chi connectivity index (χ0n) is 30.3. The molecule has 0 amide bonds. The second-order valence-electron chi connectivity index (χ2n) is 14.6. The number of aliphatic hydroxyl groups excluding tert-OH is 1. The van der Waals surface area contributed by atoms with Crippen LogP contribution in [-0.2, 0) is 0 Å². The summed E-state index contributed by atoms with van der Waals surface area (Å²) in [6.07, 6.45) is 4.97. The Morgan fingerprint density at radius 2 is 1.28 bits per heavy atom. The van der Waals surface area contributed by atoms with Gasteiger partial charge in [0.2, 0.25) is 0 Å². The summed E-state index contributed by atoms with van der Waals surface area (Å²) in [5.41, 5.74) is 1.89. The Bertz CT molecular complexity index is 2480. The molecule has 3 aliphatic heterocycles. The topological polar surface area (TPSA) is 54.8 Å². The quantitative estimate of drug-likeness (QED) is 0.175. The van der Waals surface area contributed by atoms with Gasteiger partial charge in [0.15, 0.2) is 0 Å². The van der Waals surface area contributed by atoms with Gasteiger partial charge in [-0.25, -0.2) is 0 Å². The first-order valence-electron chi connectivity index (χ1n) is 18.9. The van der Waals surface area contributed by atoms with E-state index < -0.39 is 6.10 Å². The number of ether oxygens (including phenoxy) is 2. The number of aliphatic hydroxyl groups is 1. The van der Waals surface area contributed by atoms with Gasteiger partial charge in [-0.3, -0.25) is 9.88 Å². The molecule has 11 rings (SSSR count). The van der Waals surface area contributed by atoms with Gasteiger partial charge in [-0.2, -0.15) is 0 Å². The van der Waals surface area contributed by atoms with Crippen molar-refractivity contribution in [1.29, 1.82) is 0 Å². The molecule has 4 heterocycles. The number of benzene rings is 7. The van der Waals surface area contributed by atoms with Gasteiger partial charge in [0.1, 0.15) is 17.2 Å². The standard InChI is InChI=1S/C28H18O.C20H26N2O2/c1-3-11-21-19(9-1)17-27(25-15-7-5-13-23(21)25)29-28-18-20-10-2-4-12-22(20)24-14-6-8-16-26(24)28;1-3-13-12-22-9-7-14(13)10-19(22)20(23)16-6-8-21-18-5-4-15(24-2)11-17(16)18/h1-18H;4-6,8,11,13-14,19-20,23H,3,7,9-10,12H2,1-2H3/t;13-,14?,19+,20-/m.1/s1. The fraction of sp³-hybridized carbons (Fsp3) is 0.229. The van der Waals surface area contributed by atoms with Gasteiger partial charge in [0.05, 0.1) is 18.7 Å². The van der Waals surface area contributed by atoms with E-state index in [9.17, 15) is 5.11 Å². The van der Waals surface area contributed by atoms with Gasteiger partial charge in [0, 0.05) is 34.9 Å². The third-order valence-corrected chi connectivity index (χ3v) is 11.8. The van der Waals surface area contributed by atoms with Crippen LogP contribution in [0.5, 0.6) is 17.2 Å². The molecule has 2 unspecified atom stereocenters. The van der Waals surface area contributed by atoms with E-state index in [2.05, 4.69) is 126 Å². The molecule has 0 spiro atoms. The maximum absolute atomic E-state index is 11.2. The molecular formula is C48H44N2O3. The van der Waals surface area contributed by atoms with Crippen molar-refractivity contribution in [2.75, 3.05) is 20.2 Å². The van der Waals surface area contributed by atoms with Gasteiger partial charge in [-0.15, -0.1) is 0 Å². The third-order valence-electron chi connectivity index (χ3n) is 11.8. The molecule has 3 fully saturated rings. The summed E-state index contributed by atoms with van der Waals surface area (Å²) in [6, 6.07) is 46.3. The van der Waals surface area contributed by atoms with E-state index in [0.29, 0.717) is 0 Å². The Labute approximate surface area is 310 Å². The second-order valence-corrected chi connectivity index (χ2v) is 14.6. The van der Waals surface area contributed by atoms with Gasteiger partial charge in [-0.05, 0) is 106 Å². The minimum Gasteiger partial charge on any atom is -0.497 e. The number of piperidine rings is 3. The van der Waals surface area contributed by atoms with Crippen molar-refractivity contribution in [1.82, 2.24) is 9.88 Å². The molecule has 0 radical (unpaired) electrons. The van der Waals surface area contributed by atoms with Gasteiger partial charge >= 0.3 is 0 Å². The van der Waals surface area contributed by atoms with Crippen LogP contribution in [0.3, 0.4) is 0 Å². The lowest BCUT2D eigenvalue weighted by Gasteiger charge is -2.51. The van der Waals surface area contributed by atoms with Crippen LogP contribution in [0, 0.1) is 11.8 Å². The smallest absolute Gasteiger partial charge is 0.135 e. The number of methoxy groups -OCH3 is 1. The predicted octanol–water partition coefficient (Wildman–Crippen LogP) is 11.5. The Balaban J connectivity index is 0.000000143. The van der Waals surface area contributed by atoms with Crippen LogP contribution in [0.15, 0.2) is 140 Å². The van der Waals surface area contributed by atoms with Crippen molar-refractivity contribution in [2.45, 2.75) is 38.3 Å². The van der Waals surface area contributed by atoms with Crippen LogP contribution in [0.1, 0.15) is 37.9 Å². The van der Waals surface area contributed by atoms with Crippen LogP contribution in [0.4, 0.5) is 0 Å². The summed E-state index contributed by atoms with van der Waals surface area (Å²) in [7, 11) is 1.67. The predicted molar refractivity (Wildman–Crippen MR) is 218 cm³/mol. The average molecular weight is 697 g/mol. The lowest BCUT2D eigenvalue weighted by Crippen LogP contribution is -2.55. The van der Waals surface area contributed by atoms with E-state index in [1.165, 1.54) is 45.2 Å². The molecule has 0 aliphatic carbocycles. The molecule has 0 saturated carbocycles. The average Bonchev–Trinajstić information content (AvgIpc) is 3.23. The summed E-state index contributed by atoms with van der Waals surface area (Å²) in [5.74, 6) is 4.15. The summed E-state index contributed by atoms with van der Waals surface area (Å²) in [6.45, 7) is 4.55. The number of hydrogen-bond donors (Lipinski definition) is 1. The Hall–Kier alpha value is -5.49. The van der Waals surface area contributed by atoms with E-state index in [1.807, 2.05) is 24.3 Å². The molecule has 7 aromatic carbocycles. The molecule has 8 aromatic rings. The number of aromatic nitrogens is 1. The number of rotatable bonds is 6. The molecule has 5 nitrogen and oxygen atoms in total. The van der Waals surface area contributed by atoms with Crippen molar-refractivity contribution >= 4 is 54.0 Å². The SMILES string of the molecule is CC[C@@H]1CN2CCC1C[C@H]2[C@H](O)c1ccnc2ccc(OC)cc12.c1ccc2c(c1)cc(Oc1cc3ccccc3c3ccccc13)c1ccccc12. The van der Waals surface area contributed by atoms with Crippen molar-refractivity contribution < 1.29 is 14.6 Å². The molecule has 1 N–H and O–H groups in total. The molecule has 5 atom stereocenters. The highest BCUT2D eigenvalue weighted by atomic mass is 16.5. The van der Waals surface area contributed by atoms with Crippen LogP contribution in [0.2, 0.25) is 0 Å². The van der Waals surface area contributed by atoms with Gasteiger partial charge in [0.25, 0.3) is 0 Å². The zero-order chi connectivity index (χ0) is 35.9. The van der Waals surface area contributed by atoms with E-state index in [0.717, 1.165) is 75.8 Å². The highest BCUT2D eigenvalue weighted by Crippen LogP contribution is 2.43. The molecule has 3 saturated heterocycles. The van der Waals surface area contributed by atoms with Crippen molar-refractivity contribution in [3.8, 4) is 17.2 Å². The van der Waals surface area contributed by atoms with E-state index >= 15 is 0 Å². The zero-order valence-corrected chi connectivity index (χ0v) is 30.3. The number of pyridine rings is 1. The molecule has 53 heavy (non-hydrogen) atoms. The minimum atomic E-state index is -0.469. The minimum absolute atomic E-state index is 0.225. The molecule has 3 aliphatic rings. The summed E-state index contributed by atoms with van der Waals surface area (Å²) >= 11 is 0. The van der Waals surface area contributed by atoms with Gasteiger partial charge in [-0.1, -0.05) is 110 Å². The van der Waals surface area contributed by atoms with E-state index in [1.54, 1.807) is 13.3 Å². The Morgan fingerprint density at radius 1 is 0.698 bits per heavy atom. The number of fused-ring (bicyclic) bond motifs is 10. The lowest BCUT2D eigenvalue weighted by atomic mass is 9.72. The molecule has 264 valence electrons. The highest BCUT2D eigenvalue weighted by molar-refractivity contribution is 6.12. The van der Waals surface area contributed by atoms with Crippen LogP contribution < -0.4 is 9.47 Å². The number of nitrogens with zero attached hydrogens (tertiary/aromatic N) is 2. The third kappa shape index (κ3) is 6.14.